The number of benzene rings is 1. The van der Waals surface area contributed by atoms with Gasteiger partial charge < -0.3 is 4.98 Å². The predicted molar refractivity (Wildman–Crippen MR) is 73.7 cm³/mol. The molecule has 0 radical (unpaired) electrons. The fraction of sp³-hybridized carbons (Fsp3) is 0.0909. The number of H-pyrrole nitrogens is 2. The highest BCUT2D eigenvalue weighted by Gasteiger charge is 2.17. The molecule has 0 unspecified atom stereocenters. The Bertz CT molecular complexity index is 854. The van der Waals surface area contributed by atoms with Crippen molar-refractivity contribution in [1.82, 2.24) is 30.6 Å². The molecule has 2 heterocycles. The largest absolute Gasteiger partial charge is 0.332 e. The third-order valence-corrected chi connectivity index (χ3v) is 3.98. The number of sulfonamides is 1. The van der Waals surface area contributed by atoms with Gasteiger partial charge in [-0.05, 0) is 24.3 Å². The molecule has 9 nitrogen and oxygen atoms in total. The quantitative estimate of drug-likeness (QED) is 0.650. The van der Waals surface area contributed by atoms with E-state index in [1.165, 1.54) is 6.20 Å². The Morgan fingerprint density at radius 1 is 1.29 bits per heavy atom. The fourth-order valence-electron chi connectivity index (χ4n) is 1.75. The van der Waals surface area contributed by atoms with Gasteiger partial charge in [0.05, 0.1) is 6.20 Å². The lowest BCUT2D eigenvalue weighted by Crippen LogP contribution is -2.13. The summed E-state index contributed by atoms with van der Waals surface area (Å²) in [5.41, 5.74) is 1.04. The molecule has 0 saturated carbocycles. The number of aromatic amines is 2. The van der Waals surface area contributed by atoms with Crippen LogP contribution in [0.25, 0.3) is 11.4 Å². The zero-order chi connectivity index (χ0) is 14.9. The standard InChI is InChI=1S/C11H11N7O2S/c1-7-12-6-10(13-7)21(19,20)16-9-4-2-3-8(5-9)11-14-17-18-15-11/h2-6,16H,1H3,(H,12,13)(H,14,15,17,18). The molecule has 21 heavy (non-hydrogen) atoms. The molecule has 108 valence electrons. The molecule has 3 rings (SSSR count). The minimum Gasteiger partial charge on any atom is -0.332 e. The number of anilines is 1. The van der Waals surface area contributed by atoms with E-state index in [1.54, 1.807) is 31.2 Å². The van der Waals surface area contributed by atoms with Gasteiger partial charge in [0.1, 0.15) is 5.82 Å². The zero-order valence-corrected chi connectivity index (χ0v) is 11.7. The monoisotopic (exact) mass is 305 g/mol. The molecule has 0 fully saturated rings. The predicted octanol–water partition coefficient (Wildman–Crippen LogP) is 0.699. The van der Waals surface area contributed by atoms with Crippen LogP contribution in [0.4, 0.5) is 5.69 Å². The van der Waals surface area contributed by atoms with E-state index < -0.39 is 10.0 Å². The first-order chi connectivity index (χ1) is 10.0. The van der Waals surface area contributed by atoms with Crippen LogP contribution >= 0.6 is 0 Å². The maximum absolute atomic E-state index is 12.2. The summed E-state index contributed by atoms with van der Waals surface area (Å²) in [4.78, 5) is 6.55. The van der Waals surface area contributed by atoms with Crippen LogP contribution in [0.5, 0.6) is 0 Å². The third kappa shape index (κ3) is 2.74. The summed E-state index contributed by atoms with van der Waals surface area (Å²) in [6.45, 7) is 1.68. The third-order valence-electron chi connectivity index (χ3n) is 2.69. The van der Waals surface area contributed by atoms with Gasteiger partial charge in [-0.3, -0.25) is 4.72 Å². The Hall–Kier alpha value is -2.75. The molecule has 0 spiro atoms. The average molecular weight is 305 g/mol. The van der Waals surface area contributed by atoms with Gasteiger partial charge in [0.15, 0.2) is 5.03 Å². The number of hydrogen-bond donors (Lipinski definition) is 3. The molecule has 3 N–H and O–H groups in total. The van der Waals surface area contributed by atoms with Crippen molar-refractivity contribution in [3.05, 3.63) is 36.3 Å². The molecule has 0 aliphatic rings. The van der Waals surface area contributed by atoms with Crippen molar-refractivity contribution >= 4 is 15.7 Å². The summed E-state index contributed by atoms with van der Waals surface area (Å²) in [5, 5.41) is 13.5. The highest BCUT2D eigenvalue weighted by atomic mass is 32.2. The van der Waals surface area contributed by atoms with E-state index in [-0.39, 0.29) is 5.03 Å². The van der Waals surface area contributed by atoms with Gasteiger partial charge in [0.25, 0.3) is 10.0 Å². The summed E-state index contributed by atoms with van der Waals surface area (Å²) in [6.07, 6.45) is 1.26. The van der Waals surface area contributed by atoms with E-state index in [9.17, 15) is 8.42 Å². The van der Waals surface area contributed by atoms with Crippen molar-refractivity contribution in [3.8, 4) is 11.4 Å². The molecular weight excluding hydrogens is 294 g/mol. The lowest BCUT2D eigenvalue weighted by atomic mass is 10.2. The first-order valence-electron chi connectivity index (χ1n) is 5.93. The topological polar surface area (TPSA) is 129 Å². The first kappa shape index (κ1) is 13.2. The van der Waals surface area contributed by atoms with E-state index in [0.717, 1.165) is 0 Å². The number of tetrazole rings is 1. The second kappa shape index (κ2) is 4.98. The molecule has 1 aromatic carbocycles. The van der Waals surface area contributed by atoms with Gasteiger partial charge in [0.2, 0.25) is 5.82 Å². The second-order valence-electron chi connectivity index (χ2n) is 4.25. The van der Waals surface area contributed by atoms with Crippen molar-refractivity contribution in [2.45, 2.75) is 11.9 Å². The number of hydrogen-bond acceptors (Lipinski definition) is 6. The second-order valence-corrected chi connectivity index (χ2v) is 5.91. The van der Waals surface area contributed by atoms with Crippen LogP contribution in [-0.4, -0.2) is 39.0 Å². The fourth-order valence-corrected chi connectivity index (χ4v) is 2.77. The Labute approximate surface area is 119 Å². The lowest BCUT2D eigenvalue weighted by Gasteiger charge is -2.06. The van der Waals surface area contributed by atoms with Crippen LogP contribution in [0.3, 0.4) is 0 Å². The Balaban J connectivity index is 1.90. The van der Waals surface area contributed by atoms with Crippen LogP contribution in [0.1, 0.15) is 5.82 Å². The van der Waals surface area contributed by atoms with Crippen molar-refractivity contribution in [2.24, 2.45) is 0 Å². The average Bonchev–Trinajstić information content (AvgIpc) is 3.09. The van der Waals surface area contributed by atoms with E-state index in [2.05, 4.69) is 35.3 Å². The lowest BCUT2D eigenvalue weighted by molar-refractivity contribution is 0.598. The van der Waals surface area contributed by atoms with E-state index in [4.69, 9.17) is 0 Å². The minimum atomic E-state index is -3.71. The number of rotatable bonds is 4. The molecule has 0 aliphatic carbocycles. The van der Waals surface area contributed by atoms with Crippen molar-refractivity contribution in [2.75, 3.05) is 4.72 Å². The summed E-state index contributed by atoms with van der Waals surface area (Å²) >= 11 is 0. The number of imidazole rings is 1. The molecule has 0 aliphatic heterocycles. The number of nitrogens with zero attached hydrogens (tertiary/aromatic N) is 4. The molecule has 10 heteroatoms. The zero-order valence-electron chi connectivity index (χ0n) is 10.9. The molecular formula is C11H11N7O2S. The van der Waals surface area contributed by atoms with Crippen molar-refractivity contribution < 1.29 is 8.42 Å². The van der Waals surface area contributed by atoms with Crippen LogP contribution in [0.15, 0.2) is 35.5 Å². The highest BCUT2D eigenvalue weighted by molar-refractivity contribution is 7.92. The SMILES string of the molecule is Cc1ncc(S(=O)(=O)Nc2cccc(-c3nn[nH]n3)c2)[nH]1. The van der Waals surface area contributed by atoms with Gasteiger partial charge in [-0.1, -0.05) is 12.1 Å². The van der Waals surface area contributed by atoms with Gasteiger partial charge in [-0.15, -0.1) is 10.2 Å². The molecule has 0 amide bonds. The Morgan fingerprint density at radius 2 is 2.14 bits per heavy atom. The molecule has 0 bridgehead atoms. The molecule has 2 aromatic heterocycles. The van der Waals surface area contributed by atoms with Crippen molar-refractivity contribution in [3.63, 3.8) is 0 Å². The number of aromatic nitrogens is 6. The van der Waals surface area contributed by atoms with Gasteiger partial charge in [0, 0.05) is 11.3 Å². The first-order valence-corrected chi connectivity index (χ1v) is 7.41. The van der Waals surface area contributed by atoms with Gasteiger partial charge >= 0.3 is 0 Å². The number of aryl methyl sites for hydroxylation is 1. The van der Waals surface area contributed by atoms with Crippen LogP contribution in [-0.2, 0) is 10.0 Å². The molecule has 3 aromatic rings. The van der Waals surface area contributed by atoms with E-state index in [0.29, 0.717) is 22.9 Å². The van der Waals surface area contributed by atoms with Crippen LogP contribution in [0, 0.1) is 6.92 Å². The van der Waals surface area contributed by atoms with E-state index >= 15 is 0 Å². The Morgan fingerprint density at radius 3 is 2.81 bits per heavy atom. The highest BCUT2D eigenvalue weighted by Crippen LogP contribution is 2.20. The van der Waals surface area contributed by atoms with Gasteiger partial charge in [-0.2, -0.15) is 13.6 Å². The summed E-state index contributed by atoms with van der Waals surface area (Å²) < 4.78 is 26.8. The van der Waals surface area contributed by atoms with Gasteiger partial charge in [-0.25, -0.2) is 4.98 Å². The van der Waals surface area contributed by atoms with Crippen molar-refractivity contribution in [1.29, 1.82) is 0 Å². The maximum atomic E-state index is 12.2. The van der Waals surface area contributed by atoms with Crippen LogP contribution < -0.4 is 4.72 Å². The van der Waals surface area contributed by atoms with Crippen LogP contribution in [0.2, 0.25) is 0 Å². The van der Waals surface area contributed by atoms with E-state index in [1.807, 2.05) is 0 Å². The molecule has 0 saturated heterocycles. The number of nitrogens with one attached hydrogen (secondary N) is 3. The summed E-state index contributed by atoms with van der Waals surface area (Å²) in [7, 11) is -3.71. The maximum Gasteiger partial charge on any atom is 0.278 e. The summed E-state index contributed by atoms with van der Waals surface area (Å²) in [5.74, 6) is 0.907. The smallest absolute Gasteiger partial charge is 0.278 e. The molecule has 0 atom stereocenters. The summed E-state index contributed by atoms with van der Waals surface area (Å²) in [6, 6.07) is 6.70. The minimum absolute atomic E-state index is 0.00460. The Kier molecular flexibility index (Phi) is 3.14. The normalized spacial score (nSPS) is 11.5.